The first-order valence-corrected chi connectivity index (χ1v) is 6.53. The Labute approximate surface area is 105 Å². The number of aliphatic hydroxyl groups excluding tert-OH is 1. The van der Waals surface area contributed by atoms with Crippen molar-refractivity contribution in [3.63, 3.8) is 0 Å². The van der Waals surface area contributed by atoms with Crippen molar-refractivity contribution in [1.29, 1.82) is 0 Å². The van der Waals surface area contributed by atoms with Crippen molar-refractivity contribution in [2.75, 3.05) is 0 Å². The molecule has 4 heteroatoms. The maximum absolute atomic E-state index is 11.1. The molecule has 1 unspecified atom stereocenters. The molecule has 0 amide bonds. The highest BCUT2D eigenvalue weighted by molar-refractivity contribution is 5.72. The summed E-state index contributed by atoms with van der Waals surface area (Å²) >= 11 is 0. The molecular formula is C14H17NO3. The van der Waals surface area contributed by atoms with Gasteiger partial charge in [-0.05, 0) is 30.0 Å². The van der Waals surface area contributed by atoms with Gasteiger partial charge in [-0.3, -0.25) is 4.98 Å². The van der Waals surface area contributed by atoms with E-state index in [2.05, 4.69) is 4.98 Å². The van der Waals surface area contributed by atoms with E-state index < -0.39 is 11.9 Å². The second-order valence-corrected chi connectivity index (χ2v) is 5.17. The van der Waals surface area contributed by atoms with E-state index in [1.54, 1.807) is 12.1 Å². The Morgan fingerprint density at radius 1 is 1.39 bits per heavy atom. The zero-order valence-electron chi connectivity index (χ0n) is 10.2. The Morgan fingerprint density at radius 2 is 2.17 bits per heavy atom. The van der Waals surface area contributed by atoms with E-state index in [1.807, 2.05) is 6.07 Å². The van der Waals surface area contributed by atoms with Crippen molar-refractivity contribution >= 4 is 11.1 Å². The minimum Gasteiger partial charge on any atom is -0.408 e. The zero-order valence-corrected chi connectivity index (χ0v) is 10.2. The van der Waals surface area contributed by atoms with Crippen molar-refractivity contribution in [2.24, 2.45) is 5.92 Å². The van der Waals surface area contributed by atoms with Crippen LogP contribution in [0.2, 0.25) is 0 Å². The number of hydrogen-bond donors (Lipinski definition) is 2. The molecule has 4 nitrogen and oxygen atoms in total. The number of aromatic nitrogens is 1. The molecule has 0 saturated heterocycles. The van der Waals surface area contributed by atoms with Gasteiger partial charge in [0.15, 0.2) is 5.58 Å². The highest BCUT2D eigenvalue weighted by Crippen LogP contribution is 2.33. The van der Waals surface area contributed by atoms with Gasteiger partial charge in [-0.2, -0.15) is 0 Å². The molecular weight excluding hydrogens is 230 g/mol. The number of aromatic amines is 1. The van der Waals surface area contributed by atoms with Gasteiger partial charge in [0.1, 0.15) is 0 Å². The van der Waals surface area contributed by atoms with Crippen LogP contribution < -0.4 is 5.76 Å². The molecule has 1 heterocycles. The van der Waals surface area contributed by atoms with E-state index in [0.29, 0.717) is 17.0 Å². The lowest BCUT2D eigenvalue weighted by Crippen LogP contribution is -2.04. The Hall–Kier alpha value is -1.55. The number of benzene rings is 1. The fourth-order valence-electron chi connectivity index (χ4n) is 2.87. The van der Waals surface area contributed by atoms with E-state index in [4.69, 9.17) is 4.42 Å². The van der Waals surface area contributed by atoms with Gasteiger partial charge >= 0.3 is 5.76 Å². The third-order valence-corrected chi connectivity index (χ3v) is 3.86. The molecule has 2 N–H and O–H groups in total. The molecule has 0 radical (unpaired) electrons. The summed E-state index contributed by atoms with van der Waals surface area (Å²) in [6.07, 6.45) is 5.35. The van der Waals surface area contributed by atoms with Crippen molar-refractivity contribution in [2.45, 2.75) is 38.2 Å². The van der Waals surface area contributed by atoms with E-state index in [0.717, 1.165) is 12.0 Å². The monoisotopic (exact) mass is 247 g/mol. The second kappa shape index (κ2) is 4.61. The van der Waals surface area contributed by atoms with Crippen LogP contribution in [-0.4, -0.2) is 10.1 Å². The van der Waals surface area contributed by atoms with Gasteiger partial charge in [0.2, 0.25) is 0 Å². The van der Waals surface area contributed by atoms with E-state index >= 15 is 0 Å². The molecule has 1 aliphatic rings. The number of aliphatic hydroxyl groups is 1. The quantitative estimate of drug-likeness (QED) is 0.876. The van der Waals surface area contributed by atoms with Crippen LogP contribution >= 0.6 is 0 Å². The van der Waals surface area contributed by atoms with Gasteiger partial charge in [-0.15, -0.1) is 0 Å². The number of fused-ring (bicyclic) bond motifs is 1. The van der Waals surface area contributed by atoms with Crippen molar-refractivity contribution in [1.82, 2.24) is 4.98 Å². The summed E-state index contributed by atoms with van der Waals surface area (Å²) in [5.41, 5.74) is 2.02. The lowest BCUT2D eigenvalue weighted by atomic mass is 9.95. The number of rotatable bonds is 3. The minimum atomic E-state index is -0.460. The summed E-state index contributed by atoms with van der Waals surface area (Å²) in [6.45, 7) is 0. The predicted molar refractivity (Wildman–Crippen MR) is 68.4 cm³/mol. The molecule has 2 aromatic rings. The van der Waals surface area contributed by atoms with E-state index in [9.17, 15) is 9.90 Å². The molecule has 96 valence electrons. The predicted octanol–water partition coefficient (Wildman–Crippen LogP) is 2.73. The van der Waals surface area contributed by atoms with Gasteiger partial charge in [0, 0.05) is 0 Å². The fraction of sp³-hybridized carbons (Fsp3) is 0.500. The maximum atomic E-state index is 11.1. The zero-order chi connectivity index (χ0) is 12.5. The Bertz CT molecular complexity index is 592. The highest BCUT2D eigenvalue weighted by atomic mass is 16.4. The second-order valence-electron chi connectivity index (χ2n) is 5.17. The van der Waals surface area contributed by atoms with E-state index in [1.165, 1.54) is 25.7 Å². The SMILES string of the molecule is O=c1[nH]c2ccc(C(O)CC3CCCC3)cc2o1. The normalized spacial score (nSPS) is 18.5. The standard InChI is InChI=1S/C14H17NO3/c16-12(7-9-3-1-2-4-9)10-5-6-11-13(8-10)18-14(17)15-11/h5-6,8-9,12,16H,1-4,7H2,(H,15,17). The smallest absolute Gasteiger partial charge is 0.408 e. The van der Waals surface area contributed by atoms with Crippen molar-refractivity contribution < 1.29 is 9.52 Å². The molecule has 0 spiro atoms. The average Bonchev–Trinajstić information content (AvgIpc) is 2.95. The highest BCUT2D eigenvalue weighted by Gasteiger charge is 2.20. The molecule has 1 atom stereocenters. The largest absolute Gasteiger partial charge is 0.417 e. The number of oxazole rings is 1. The van der Waals surface area contributed by atoms with Crippen LogP contribution in [-0.2, 0) is 0 Å². The lowest BCUT2D eigenvalue weighted by Gasteiger charge is -2.15. The van der Waals surface area contributed by atoms with Crippen LogP contribution in [0.1, 0.15) is 43.8 Å². The Kier molecular flexibility index (Phi) is 2.96. The first-order chi connectivity index (χ1) is 8.72. The molecule has 1 saturated carbocycles. The summed E-state index contributed by atoms with van der Waals surface area (Å²) in [4.78, 5) is 13.7. The molecule has 0 bridgehead atoms. The molecule has 1 fully saturated rings. The van der Waals surface area contributed by atoms with Gasteiger partial charge in [0.25, 0.3) is 0 Å². The third kappa shape index (κ3) is 2.20. The lowest BCUT2D eigenvalue weighted by molar-refractivity contribution is 0.145. The summed E-state index contributed by atoms with van der Waals surface area (Å²) in [7, 11) is 0. The van der Waals surface area contributed by atoms with Crippen molar-refractivity contribution in [3.05, 3.63) is 34.3 Å². The topological polar surface area (TPSA) is 66.2 Å². The van der Waals surface area contributed by atoms with Crippen LogP contribution in [0.4, 0.5) is 0 Å². The number of H-pyrrole nitrogens is 1. The molecule has 3 rings (SSSR count). The molecule has 0 aliphatic heterocycles. The van der Waals surface area contributed by atoms with Crippen LogP contribution in [0.5, 0.6) is 0 Å². The van der Waals surface area contributed by atoms with Gasteiger partial charge in [-0.1, -0.05) is 31.7 Å². The first-order valence-electron chi connectivity index (χ1n) is 6.53. The molecule has 1 aliphatic carbocycles. The first kappa shape index (κ1) is 11.5. The Morgan fingerprint density at radius 3 is 2.94 bits per heavy atom. The average molecular weight is 247 g/mol. The number of hydrogen-bond acceptors (Lipinski definition) is 3. The maximum Gasteiger partial charge on any atom is 0.417 e. The van der Waals surface area contributed by atoms with Crippen molar-refractivity contribution in [3.8, 4) is 0 Å². The van der Waals surface area contributed by atoms with Gasteiger partial charge in [-0.25, -0.2) is 4.79 Å². The minimum absolute atomic E-state index is 0.451. The summed E-state index contributed by atoms with van der Waals surface area (Å²) in [5, 5.41) is 10.2. The Balaban J connectivity index is 1.81. The molecule has 1 aromatic heterocycles. The fourth-order valence-corrected chi connectivity index (χ4v) is 2.87. The van der Waals surface area contributed by atoms with Crippen LogP contribution in [0.3, 0.4) is 0 Å². The van der Waals surface area contributed by atoms with Gasteiger partial charge < -0.3 is 9.52 Å². The van der Waals surface area contributed by atoms with Crippen LogP contribution in [0.25, 0.3) is 11.1 Å². The van der Waals surface area contributed by atoms with Gasteiger partial charge in [0.05, 0.1) is 11.6 Å². The summed E-state index contributed by atoms with van der Waals surface area (Å²) in [6, 6.07) is 5.40. The molecule has 18 heavy (non-hydrogen) atoms. The summed E-state index contributed by atoms with van der Waals surface area (Å²) < 4.78 is 5.01. The van der Waals surface area contributed by atoms with Crippen LogP contribution in [0, 0.1) is 5.92 Å². The molecule has 1 aromatic carbocycles. The van der Waals surface area contributed by atoms with E-state index in [-0.39, 0.29) is 0 Å². The van der Waals surface area contributed by atoms with Crippen LogP contribution in [0.15, 0.2) is 27.4 Å². The number of nitrogens with one attached hydrogen (secondary N) is 1. The third-order valence-electron chi connectivity index (χ3n) is 3.86. The summed E-state index contributed by atoms with van der Waals surface area (Å²) in [5.74, 6) is 0.182.